The van der Waals surface area contributed by atoms with Gasteiger partial charge in [-0.15, -0.1) is 0 Å². The van der Waals surface area contributed by atoms with Gasteiger partial charge in [0, 0.05) is 11.6 Å². The van der Waals surface area contributed by atoms with Gasteiger partial charge in [0.25, 0.3) is 0 Å². The van der Waals surface area contributed by atoms with Crippen molar-refractivity contribution in [3.8, 4) is 34.3 Å². The normalized spacial score (nSPS) is 32.0. The fourth-order valence-corrected chi connectivity index (χ4v) is 5.29. The van der Waals surface area contributed by atoms with Gasteiger partial charge in [-0.05, 0) is 36.8 Å². The summed E-state index contributed by atoms with van der Waals surface area (Å²) in [5.74, 6) is -1.46. The second-order valence-electron chi connectivity index (χ2n) is 10.7. The second kappa shape index (κ2) is 13.1. The number of methoxy groups -OCH3 is 1. The number of hydrogen-bond acceptors (Lipinski definition) is 16. The Morgan fingerprint density at radius 2 is 1.44 bits per heavy atom. The number of rotatable bonds is 8. The largest absolute Gasteiger partial charge is 0.504 e. The van der Waals surface area contributed by atoms with Gasteiger partial charge in [-0.2, -0.15) is 0 Å². The smallest absolute Gasteiger partial charge is 0.235 e. The highest BCUT2D eigenvalue weighted by Crippen LogP contribution is 2.39. The molecule has 10 atom stereocenters. The van der Waals surface area contributed by atoms with Gasteiger partial charge >= 0.3 is 0 Å². The minimum absolute atomic E-state index is 0.0547. The van der Waals surface area contributed by atoms with Crippen LogP contribution in [0.3, 0.4) is 0 Å². The Labute approximate surface area is 254 Å². The zero-order chi connectivity index (χ0) is 32.7. The number of phenols is 2. The van der Waals surface area contributed by atoms with E-state index < -0.39 is 97.3 Å². The zero-order valence-corrected chi connectivity index (χ0v) is 24.0. The Hall–Kier alpha value is -3.55. The molecule has 5 rings (SSSR count). The van der Waals surface area contributed by atoms with Gasteiger partial charge in [-0.25, -0.2) is 0 Å². The fraction of sp³-hybridized carbons (Fsp3) is 0.483. The van der Waals surface area contributed by atoms with Crippen LogP contribution in [0.1, 0.15) is 5.56 Å². The molecule has 45 heavy (non-hydrogen) atoms. The number of aliphatic hydroxyl groups is 7. The molecule has 0 unspecified atom stereocenters. The van der Waals surface area contributed by atoms with Gasteiger partial charge in [0.2, 0.25) is 17.5 Å². The predicted molar refractivity (Wildman–Crippen MR) is 150 cm³/mol. The molecule has 2 aliphatic rings. The quantitative estimate of drug-likeness (QED) is 0.123. The van der Waals surface area contributed by atoms with Crippen molar-refractivity contribution in [1.82, 2.24) is 0 Å². The first-order chi connectivity index (χ1) is 21.4. The Balaban J connectivity index is 1.62. The van der Waals surface area contributed by atoms with Crippen molar-refractivity contribution < 1.29 is 74.1 Å². The van der Waals surface area contributed by atoms with Gasteiger partial charge in [0.1, 0.15) is 54.1 Å². The summed E-state index contributed by atoms with van der Waals surface area (Å²) in [7, 11) is 1.42. The van der Waals surface area contributed by atoms with Crippen LogP contribution in [0.4, 0.5) is 0 Å². The molecule has 16 heteroatoms. The molecular weight excluding hydrogens is 604 g/mol. The first-order valence-corrected chi connectivity index (χ1v) is 13.8. The number of fused-ring (bicyclic) bond motifs is 1. The van der Waals surface area contributed by atoms with Crippen molar-refractivity contribution in [3.63, 3.8) is 0 Å². The maximum Gasteiger partial charge on any atom is 0.235 e. The summed E-state index contributed by atoms with van der Waals surface area (Å²) in [5, 5.41) is 92.0. The molecule has 0 aliphatic carbocycles. The van der Waals surface area contributed by atoms with Crippen LogP contribution in [0.25, 0.3) is 22.3 Å². The van der Waals surface area contributed by atoms with E-state index in [1.165, 1.54) is 19.2 Å². The Kier molecular flexibility index (Phi) is 9.52. The third kappa shape index (κ3) is 6.05. The topological polar surface area (TPSA) is 258 Å². The fourth-order valence-electron chi connectivity index (χ4n) is 5.29. The molecule has 1 aromatic heterocycles. The van der Waals surface area contributed by atoms with Crippen molar-refractivity contribution in [2.24, 2.45) is 0 Å². The third-order valence-corrected chi connectivity index (χ3v) is 7.80. The van der Waals surface area contributed by atoms with Crippen molar-refractivity contribution in [2.75, 3.05) is 20.3 Å². The number of hydrogen-bond donors (Lipinski definition) is 9. The molecule has 3 aromatic rings. The van der Waals surface area contributed by atoms with Crippen LogP contribution < -0.4 is 14.9 Å². The number of ether oxygens (including phenoxy) is 5. The number of benzene rings is 2. The molecule has 9 N–H and O–H groups in total. The first kappa shape index (κ1) is 32.8. The summed E-state index contributed by atoms with van der Waals surface area (Å²) < 4.78 is 34.1. The summed E-state index contributed by atoms with van der Waals surface area (Å²) in [6.45, 7) is 0.0190. The summed E-state index contributed by atoms with van der Waals surface area (Å²) in [6, 6.07) is 6.57. The minimum atomic E-state index is -1.91. The number of aromatic hydroxyl groups is 2. The molecular formula is C29H34O16. The average molecular weight is 639 g/mol. The van der Waals surface area contributed by atoms with Crippen LogP contribution in [0, 0.1) is 6.92 Å². The van der Waals surface area contributed by atoms with Crippen molar-refractivity contribution in [1.29, 1.82) is 0 Å². The highest BCUT2D eigenvalue weighted by molar-refractivity contribution is 5.86. The van der Waals surface area contributed by atoms with E-state index >= 15 is 0 Å². The Morgan fingerprint density at radius 1 is 0.800 bits per heavy atom. The lowest BCUT2D eigenvalue weighted by Crippen LogP contribution is -2.65. The van der Waals surface area contributed by atoms with Crippen LogP contribution in [-0.2, 0) is 14.2 Å². The summed E-state index contributed by atoms with van der Waals surface area (Å²) in [4.78, 5) is 14.0. The molecule has 2 fully saturated rings. The first-order valence-electron chi connectivity index (χ1n) is 13.8. The number of aryl methyl sites for hydroxylation is 1. The summed E-state index contributed by atoms with van der Waals surface area (Å²) in [6.07, 6.45) is -17.5. The molecule has 3 heterocycles. The van der Waals surface area contributed by atoms with Crippen molar-refractivity contribution >= 4 is 11.0 Å². The molecule has 0 amide bonds. The van der Waals surface area contributed by atoms with E-state index in [2.05, 4.69) is 0 Å². The van der Waals surface area contributed by atoms with Crippen LogP contribution in [0.15, 0.2) is 39.5 Å². The van der Waals surface area contributed by atoms with E-state index in [1.54, 1.807) is 13.0 Å². The maximum absolute atomic E-state index is 14.0. The second-order valence-corrected chi connectivity index (χ2v) is 10.7. The molecule has 2 saturated heterocycles. The van der Waals surface area contributed by atoms with E-state index in [0.29, 0.717) is 11.3 Å². The molecule has 2 aliphatic heterocycles. The lowest BCUT2D eigenvalue weighted by molar-refractivity contribution is -0.358. The number of aliphatic hydroxyl groups excluding tert-OH is 7. The maximum atomic E-state index is 14.0. The Bertz CT molecular complexity index is 1570. The van der Waals surface area contributed by atoms with Gasteiger partial charge in [0.05, 0.1) is 25.7 Å². The van der Waals surface area contributed by atoms with Crippen LogP contribution in [0.5, 0.6) is 23.0 Å². The molecule has 0 saturated carbocycles. The van der Waals surface area contributed by atoms with E-state index in [4.69, 9.17) is 28.1 Å². The predicted octanol–water partition coefficient (Wildman–Crippen LogP) is -1.81. The highest BCUT2D eigenvalue weighted by Gasteiger charge is 2.51. The monoisotopic (exact) mass is 638 g/mol. The highest BCUT2D eigenvalue weighted by atomic mass is 16.8. The Morgan fingerprint density at radius 3 is 2.07 bits per heavy atom. The van der Waals surface area contributed by atoms with Crippen molar-refractivity contribution in [3.05, 3.63) is 46.1 Å². The van der Waals surface area contributed by atoms with Gasteiger partial charge in [-0.1, -0.05) is 0 Å². The third-order valence-electron chi connectivity index (χ3n) is 7.80. The van der Waals surface area contributed by atoms with Gasteiger partial charge in [0.15, 0.2) is 29.7 Å². The zero-order valence-electron chi connectivity index (χ0n) is 24.0. The van der Waals surface area contributed by atoms with Crippen LogP contribution in [-0.4, -0.2) is 128 Å². The SMILES string of the molecule is COc1cc(C)c2c(=O)c(O[C@@H]3O[C@H](CO)[C@@H](O)[C@@H](O)[C@H]3O[C@@H]3O[C@H](CO)[C@@H](O)[C@H](O)[C@@H]3O)c(-c3ccc(O)c(O)c3)oc2c1. The van der Waals surface area contributed by atoms with Crippen LogP contribution >= 0.6 is 0 Å². The van der Waals surface area contributed by atoms with Crippen molar-refractivity contribution in [2.45, 2.75) is 68.3 Å². The standard InChI is InChI=1S/C29H34O16/c1-10-5-12(40-2)7-15-18(10)21(36)26(25(41-15)11-3-4-13(32)14(33)6-11)44-29-27(23(38)20(35)17(9-31)43-29)45-28-24(39)22(37)19(34)16(8-30)42-28/h3-7,16-17,19-20,22-24,27-35,37-39H,8-9H2,1-2H3/t16-,17-,19-,20-,22+,23-,24+,27-,28+,29+/m1/s1. The lowest BCUT2D eigenvalue weighted by atomic mass is 9.97. The van der Waals surface area contributed by atoms with E-state index in [9.17, 15) is 50.8 Å². The molecule has 0 radical (unpaired) electrons. The molecule has 2 aromatic carbocycles. The minimum Gasteiger partial charge on any atom is -0.504 e. The van der Waals surface area contributed by atoms with Crippen LogP contribution in [0.2, 0.25) is 0 Å². The molecule has 16 nitrogen and oxygen atoms in total. The van der Waals surface area contributed by atoms with E-state index in [0.717, 1.165) is 12.1 Å². The number of phenolic OH excluding ortho intramolecular Hbond substituents is 2. The summed E-state index contributed by atoms with van der Waals surface area (Å²) >= 11 is 0. The molecule has 246 valence electrons. The van der Waals surface area contributed by atoms with Gasteiger partial charge in [-0.3, -0.25) is 4.79 Å². The van der Waals surface area contributed by atoms with E-state index in [-0.39, 0.29) is 22.3 Å². The summed E-state index contributed by atoms with van der Waals surface area (Å²) in [5.41, 5.74) is -0.212. The van der Waals surface area contributed by atoms with E-state index in [1.807, 2.05) is 0 Å². The lowest BCUT2D eigenvalue weighted by Gasteiger charge is -2.45. The molecule has 0 spiro atoms. The molecule has 0 bridgehead atoms. The average Bonchev–Trinajstić information content (AvgIpc) is 3.02. The van der Waals surface area contributed by atoms with Gasteiger partial charge < -0.3 is 74.1 Å².